The first-order chi connectivity index (χ1) is 16.0. The number of hydrogen-bond acceptors (Lipinski definition) is 5. The highest BCUT2D eigenvalue weighted by molar-refractivity contribution is 6.31. The van der Waals surface area contributed by atoms with Crippen LogP contribution < -0.4 is 0 Å². The molecule has 0 bridgehead atoms. The summed E-state index contributed by atoms with van der Waals surface area (Å²) in [5.74, 6) is 0.578. The molecule has 0 aromatic rings. The van der Waals surface area contributed by atoms with Crippen molar-refractivity contribution >= 4 is 11.9 Å². The summed E-state index contributed by atoms with van der Waals surface area (Å²) in [4.78, 5) is 24.4. The third kappa shape index (κ3) is 3.43. The van der Waals surface area contributed by atoms with E-state index >= 15 is 0 Å². The lowest BCUT2D eigenvalue weighted by Crippen LogP contribution is -2.62. The zero-order valence-electron chi connectivity index (χ0n) is 21.8. The van der Waals surface area contributed by atoms with E-state index in [1.165, 1.54) is 38.5 Å². The molecule has 0 amide bonds. The summed E-state index contributed by atoms with van der Waals surface area (Å²) in [5, 5.41) is 10.6. The molecule has 1 N–H and O–H groups in total. The van der Waals surface area contributed by atoms with Crippen molar-refractivity contribution < 1.29 is 24.2 Å². The smallest absolute Gasteiger partial charge is 0.413 e. The van der Waals surface area contributed by atoms with Crippen molar-refractivity contribution in [2.24, 2.45) is 46.3 Å². The van der Waals surface area contributed by atoms with Crippen LogP contribution in [-0.2, 0) is 19.1 Å². The summed E-state index contributed by atoms with van der Waals surface area (Å²) < 4.78 is 11.5. The molecule has 4 fully saturated rings. The van der Waals surface area contributed by atoms with Crippen molar-refractivity contribution in [3.05, 3.63) is 11.6 Å². The fourth-order valence-corrected chi connectivity index (χ4v) is 9.46. The van der Waals surface area contributed by atoms with Crippen LogP contribution in [0.4, 0.5) is 0 Å². The number of carbonyl (C=O) groups is 2. The number of fused-ring (bicyclic) bond motifs is 6. The largest absolute Gasteiger partial charge is 0.420 e. The Morgan fingerprint density at radius 1 is 1.03 bits per heavy atom. The average Bonchev–Trinajstić information content (AvgIpc) is 3.25. The van der Waals surface area contributed by atoms with Gasteiger partial charge in [-0.1, -0.05) is 58.6 Å². The molecule has 0 aromatic carbocycles. The highest BCUT2D eigenvalue weighted by Crippen LogP contribution is 2.69. The highest BCUT2D eigenvalue weighted by Gasteiger charge is 2.71. The fraction of sp³-hybridized carbons (Fsp3) is 0.862. The summed E-state index contributed by atoms with van der Waals surface area (Å²) in [6.07, 6.45) is 12.2. The fourth-order valence-electron chi connectivity index (χ4n) is 9.46. The second-order valence-electron chi connectivity index (χ2n) is 13.2. The van der Waals surface area contributed by atoms with E-state index in [4.69, 9.17) is 9.47 Å². The maximum absolute atomic E-state index is 12.2. The quantitative estimate of drug-likeness (QED) is 0.311. The summed E-state index contributed by atoms with van der Waals surface area (Å²) in [6.45, 7) is 11.8. The van der Waals surface area contributed by atoms with E-state index in [1.54, 1.807) is 0 Å². The SMILES string of the molecule is CC(C)CCC[C@@H](C)[C@H]1CC[C@H]2[C@@H]3CC=C4C[C@H](O)CC5(OC(=O)C(=O)O5)[C@]4(C)[C@H]3CC[C@]12C. The minimum atomic E-state index is -1.36. The van der Waals surface area contributed by atoms with Crippen LogP contribution in [-0.4, -0.2) is 28.9 Å². The van der Waals surface area contributed by atoms with Crippen molar-refractivity contribution in [2.45, 2.75) is 111 Å². The first kappa shape index (κ1) is 24.3. The molecule has 190 valence electrons. The van der Waals surface area contributed by atoms with Crippen molar-refractivity contribution in [3.63, 3.8) is 0 Å². The van der Waals surface area contributed by atoms with Crippen LogP contribution in [0.3, 0.4) is 0 Å². The summed E-state index contributed by atoms with van der Waals surface area (Å²) >= 11 is 0. The second kappa shape index (κ2) is 8.35. The Morgan fingerprint density at radius 3 is 2.41 bits per heavy atom. The van der Waals surface area contributed by atoms with Gasteiger partial charge in [0, 0.05) is 0 Å². The van der Waals surface area contributed by atoms with Gasteiger partial charge >= 0.3 is 11.9 Å². The third-order valence-electron chi connectivity index (χ3n) is 11.1. The number of aliphatic hydroxyl groups is 1. The molecule has 5 aliphatic rings. The molecule has 5 rings (SSSR count). The molecule has 1 heterocycles. The van der Waals surface area contributed by atoms with Crippen LogP contribution in [0, 0.1) is 46.3 Å². The van der Waals surface area contributed by atoms with Crippen LogP contribution in [0.1, 0.15) is 98.8 Å². The Balaban J connectivity index is 1.42. The monoisotopic (exact) mass is 472 g/mol. The minimum absolute atomic E-state index is 0.180. The molecule has 0 unspecified atom stereocenters. The number of aliphatic hydroxyl groups excluding tert-OH is 1. The van der Waals surface area contributed by atoms with Crippen LogP contribution in [0.5, 0.6) is 0 Å². The van der Waals surface area contributed by atoms with Gasteiger partial charge in [-0.2, -0.15) is 0 Å². The Morgan fingerprint density at radius 2 is 1.74 bits per heavy atom. The van der Waals surface area contributed by atoms with E-state index in [9.17, 15) is 14.7 Å². The molecule has 1 saturated heterocycles. The Hall–Kier alpha value is -1.36. The van der Waals surface area contributed by atoms with E-state index in [-0.39, 0.29) is 6.42 Å². The Kier molecular flexibility index (Phi) is 5.98. The van der Waals surface area contributed by atoms with E-state index in [0.29, 0.717) is 29.6 Å². The first-order valence-electron chi connectivity index (χ1n) is 13.9. The van der Waals surface area contributed by atoms with Gasteiger partial charge in [0.05, 0.1) is 17.9 Å². The van der Waals surface area contributed by atoms with Crippen molar-refractivity contribution in [2.75, 3.05) is 0 Å². The molecule has 34 heavy (non-hydrogen) atoms. The molecular formula is C29H44O5. The van der Waals surface area contributed by atoms with E-state index in [0.717, 1.165) is 36.2 Å². The van der Waals surface area contributed by atoms with Gasteiger partial charge < -0.3 is 14.6 Å². The lowest BCUT2D eigenvalue weighted by Gasteiger charge is -2.61. The van der Waals surface area contributed by atoms with E-state index in [1.807, 2.05) is 0 Å². The standard InChI is InChI=1S/C29H44O5/c1-17(2)7-6-8-18(3)22-11-12-23-21-10-9-19-15-20(30)16-29(33-25(31)26(32)34-29)28(19,5)24(21)13-14-27(22,23)4/h9,17-18,20-24,30H,6-8,10-16H2,1-5H3/t18-,20+,21+,22-,23+,24+,27-,28+/m1/s1. The Bertz CT molecular complexity index is 860. The molecular weight excluding hydrogens is 428 g/mol. The van der Waals surface area contributed by atoms with Gasteiger partial charge in [0.2, 0.25) is 0 Å². The highest BCUT2D eigenvalue weighted by atomic mass is 16.8. The summed E-state index contributed by atoms with van der Waals surface area (Å²) in [6, 6.07) is 0. The summed E-state index contributed by atoms with van der Waals surface area (Å²) in [5.41, 5.74) is 0.916. The normalized spacial score (nSPS) is 43.6. The van der Waals surface area contributed by atoms with Gasteiger partial charge in [0.15, 0.2) is 0 Å². The van der Waals surface area contributed by atoms with Gasteiger partial charge in [-0.3, -0.25) is 0 Å². The van der Waals surface area contributed by atoms with Crippen molar-refractivity contribution in [1.29, 1.82) is 0 Å². The van der Waals surface area contributed by atoms with Crippen molar-refractivity contribution in [1.82, 2.24) is 0 Å². The zero-order chi connectivity index (χ0) is 24.5. The lowest BCUT2D eigenvalue weighted by molar-refractivity contribution is -0.267. The predicted octanol–water partition coefficient (Wildman–Crippen LogP) is 5.79. The molecule has 1 aliphatic heterocycles. The van der Waals surface area contributed by atoms with Gasteiger partial charge in [-0.25, -0.2) is 9.59 Å². The number of carbonyl (C=O) groups excluding carboxylic acids is 2. The lowest BCUT2D eigenvalue weighted by atomic mass is 9.45. The number of rotatable bonds is 5. The van der Waals surface area contributed by atoms with Gasteiger partial charge in [-0.05, 0) is 86.4 Å². The van der Waals surface area contributed by atoms with Crippen LogP contribution >= 0.6 is 0 Å². The van der Waals surface area contributed by atoms with Gasteiger partial charge in [-0.15, -0.1) is 0 Å². The molecule has 8 atom stereocenters. The first-order valence-corrected chi connectivity index (χ1v) is 13.9. The molecule has 3 saturated carbocycles. The maximum Gasteiger partial charge on any atom is 0.420 e. The van der Waals surface area contributed by atoms with Crippen molar-refractivity contribution in [3.8, 4) is 0 Å². The van der Waals surface area contributed by atoms with Gasteiger partial charge in [0.25, 0.3) is 5.79 Å². The molecule has 5 nitrogen and oxygen atoms in total. The van der Waals surface area contributed by atoms with Crippen LogP contribution in [0.2, 0.25) is 0 Å². The molecule has 4 aliphatic carbocycles. The topological polar surface area (TPSA) is 72.8 Å². The second-order valence-corrected chi connectivity index (χ2v) is 13.2. The molecule has 5 heteroatoms. The summed E-state index contributed by atoms with van der Waals surface area (Å²) in [7, 11) is 0. The number of hydrogen-bond donors (Lipinski definition) is 1. The third-order valence-corrected chi connectivity index (χ3v) is 11.1. The zero-order valence-corrected chi connectivity index (χ0v) is 21.8. The van der Waals surface area contributed by atoms with Crippen LogP contribution in [0.25, 0.3) is 0 Å². The average molecular weight is 473 g/mol. The van der Waals surface area contributed by atoms with E-state index < -0.39 is 29.2 Å². The van der Waals surface area contributed by atoms with Crippen LogP contribution in [0.15, 0.2) is 11.6 Å². The van der Waals surface area contributed by atoms with E-state index in [2.05, 4.69) is 40.7 Å². The Labute approximate surface area is 205 Å². The maximum atomic E-state index is 12.2. The number of ether oxygens (including phenoxy) is 2. The number of esters is 2. The molecule has 0 aromatic heterocycles. The van der Waals surface area contributed by atoms with Gasteiger partial charge in [0.1, 0.15) is 0 Å². The minimum Gasteiger partial charge on any atom is -0.413 e. The predicted molar refractivity (Wildman–Crippen MR) is 129 cm³/mol. The molecule has 1 spiro atoms. The molecule has 0 radical (unpaired) electrons. The number of allylic oxidation sites excluding steroid dienone is 1.